The van der Waals surface area contributed by atoms with E-state index in [1.165, 1.54) is 6.42 Å². The van der Waals surface area contributed by atoms with Crippen molar-refractivity contribution in [1.29, 1.82) is 5.26 Å². The number of carbonyl (C=O) groups is 2. The van der Waals surface area contributed by atoms with Gasteiger partial charge >= 0.3 is 11.9 Å². The van der Waals surface area contributed by atoms with Crippen LogP contribution in [-0.2, 0) is 11.2 Å². The maximum absolute atomic E-state index is 12.7. The molecule has 0 aromatic heterocycles. The second-order valence-electron chi connectivity index (χ2n) is 9.30. The number of carbonyl (C=O) groups excluding carboxylic acids is 2. The van der Waals surface area contributed by atoms with Gasteiger partial charge in [0.1, 0.15) is 16.9 Å². The summed E-state index contributed by atoms with van der Waals surface area (Å²) < 4.78 is 10.9. The van der Waals surface area contributed by atoms with E-state index in [1.807, 2.05) is 44.2 Å². The Hall–Kier alpha value is -3.62. The topological polar surface area (TPSA) is 76.4 Å². The molecule has 0 saturated carbocycles. The summed E-state index contributed by atoms with van der Waals surface area (Å²) in [5.74, 6) is -0.169. The molecule has 0 fully saturated rings. The largest absolute Gasteiger partial charge is 0.425 e. The van der Waals surface area contributed by atoms with Crippen molar-refractivity contribution in [2.75, 3.05) is 0 Å². The van der Waals surface area contributed by atoms with Crippen LogP contribution in [0.3, 0.4) is 0 Å². The summed E-state index contributed by atoms with van der Waals surface area (Å²) in [7, 11) is 0. The fourth-order valence-electron chi connectivity index (χ4n) is 3.81. The van der Waals surface area contributed by atoms with Crippen molar-refractivity contribution in [1.82, 2.24) is 0 Å². The van der Waals surface area contributed by atoms with E-state index in [1.54, 1.807) is 36.4 Å². The van der Waals surface area contributed by atoms with E-state index in [0.717, 1.165) is 42.4 Å². The van der Waals surface area contributed by atoms with Gasteiger partial charge in [0.05, 0.1) is 17.2 Å². The SMILES string of the molecule is CCCCCCc1ccc(C(=O)Oc2ccc(-c3ccc(OC(=O)C(Cl)C(C)C)cc3)cc2)cc1C#N. The molecule has 5 nitrogen and oxygen atoms in total. The number of hydrogen-bond acceptors (Lipinski definition) is 5. The highest BCUT2D eigenvalue weighted by Crippen LogP contribution is 2.26. The molecule has 0 amide bonds. The summed E-state index contributed by atoms with van der Waals surface area (Å²) >= 11 is 6.06. The Bertz CT molecular complexity index is 1240. The highest BCUT2D eigenvalue weighted by Gasteiger charge is 2.21. The number of halogens is 1. The molecule has 1 atom stereocenters. The summed E-state index contributed by atoms with van der Waals surface area (Å²) in [6.45, 7) is 5.88. The molecule has 0 heterocycles. The van der Waals surface area contributed by atoms with Gasteiger partial charge < -0.3 is 9.47 Å². The summed E-state index contributed by atoms with van der Waals surface area (Å²) in [6, 6.07) is 21.6. The molecule has 192 valence electrons. The molecule has 0 radical (unpaired) electrons. The number of esters is 2. The van der Waals surface area contributed by atoms with Crippen molar-refractivity contribution in [3.05, 3.63) is 83.4 Å². The first-order valence-corrected chi connectivity index (χ1v) is 13.1. The van der Waals surface area contributed by atoms with Crippen LogP contribution in [0, 0.1) is 17.2 Å². The van der Waals surface area contributed by atoms with E-state index in [2.05, 4.69) is 13.0 Å². The lowest BCUT2D eigenvalue weighted by Crippen LogP contribution is -2.25. The van der Waals surface area contributed by atoms with Gasteiger partial charge in [-0.3, -0.25) is 4.79 Å². The molecule has 0 aliphatic carbocycles. The predicted octanol–water partition coefficient (Wildman–Crippen LogP) is 7.74. The third-order valence-electron chi connectivity index (χ3n) is 6.05. The van der Waals surface area contributed by atoms with Gasteiger partial charge in [0.2, 0.25) is 0 Å². The number of nitrogens with zero attached hydrogens (tertiary/aromatic N) is 1. The third-order valence-corrected chi connectivity index (χ3v) is 6.73. The zero-order valence-electron chi connectivity index (χ0n) is 21.5. The van der Waals surface area contributed by atoms with Crippen LogP contribution >= 0.6 is 11.6 Å². The lowest BCUT2D eigenvalue weighted by Gasteiger charge is -2.12. The molecule has 0 saturated heterocycles. The van der Waals surface area contributed by atoms with Crippen molar-refractivity contribution in [2.45, 2.75) is 58.3 Å². The average Bonchev–Trinajstić information content (AvgIpc) is 2.91. The predicted molar refractivity (Wildman–Crippen MR) is 146 cm³/mol. The van der Waals surface area contributed by atoms with Gasteiger partial charge in [-0.05, 0) is 71.8 Å². The van der Waals surface area contributed by atoms with Crippen LogP contribution in [0.2, 0.25) is 0 Å². The minimum absolute atomic E-state index is 0.0193. The second-order valence-corrected chi connectivity index (χ2v) is 9.77. The Morgan fingerprint density at radius 1 is 0.865 bits per heavy atom. The van der Waals surface area contributed by atoms with Crippen molar-refractivity contribution >= 4 is 23.5 Å². The minimum atomic E-state index is -0.699. The summed E-state index contributed by atoms with van der Waals surface area (Å²) in [6.07, 6.45) is 5.33. The zero-order chi connectivity index (χ0) is 26.8. The average molecular weight is 518 g/mol. The van der Waals surface area contributed by atoms with Crippen molar-refractivity contribution in [2.24, 2.45) is 5.92 Å². The van der Waals surface area contributed by atoms with Crippen molar-refractivity contribution in [3.8, 4) is 28.7 Å². The first-order valence-electron chi connectivity index (χ1n) is 12.6. The monoisotopic (exact) mass is 517 g/mol. The van der Waals surface area contributed by atoms with Crippen LogP contribution in [0.1, 0.15) is 67.9 Å². The van der Waals surface area contributed by atoms with Gasteiger partial charge in [-0.1, -0.05) is 70.4 Å². The van der Waals surface area contributed by atoms with Crippen LogP contribution in [-0.4, -0.2) is 17.3 Å². The molecule has 0 bridgehead atoms. The Balaban J connectivity index is 1.61. The lowest BCUT2D eigenvalue weighted by atomic mass is 9.99. The molecule has 6 heteroatoms. The minimum Gasteiger partial charge on any atom is -0.425 e. The number of benzene rings is 3. The van der Waals surface area contributed by atoms with E-state index in [-0.39, 0.29) is 5.92 Å². The van der Waals surface area contributed by atoms with Crippen LogP contribution in [0.5, 0.6) is 11.5 Å². The van der Waals surface area contributed by atoms with Crippen molar-refractivity contribution < 1.29 is 19.1 Å². The summed E-state index contributed by atoms with van der Waals surface area (Å²) in [5.41, 5.74) is 3.65. The molecule has 0 aliphatic rings. The number of hydrogen-bond donors (Lipinski definition) is 0. The number of nitriles is 1. The number of rotatable bonds is 11. The highest BCUT2D eigenvalue weighted by atomic mass is 35.5. The molecule has 37 heavy (non-hydrogen) atoms. The van der Waals surface area contributed by atoms with E-state index in [9.17, 15) is 14.9 Å². The molecular weight excluding hydrogens is 486 g/mol. The molecular formula is C31H32ClNO4. The van der Waals surface area contributed by atoms with E-state index in [4.69, 9.17) is 21.1 Å². The van der Waals surface area contributed by atoms with Gasteiger partial charge in [-0.25, -0.2) is 4.79 Å². The van der Waals surface area contributed by atoms with Gasteiger partial charge in [0.25, 0.3) is 0 Å². The fourth-order valence-corrected chi connectivity index (χ4v) is 3.85. The first kappa shape index (κ1) is 28.0. The highest BCUT2D eigenvalue weighted by molar-refractivity contribution is 6.30. The van der Waals surface area contributed by atoms with Crippen LogP contribution < -0.4 is 9.47 Å². The Morgan fingerprint density at radius 2 is 1.46 bits per heavy atom. The standard InChI is InChI=1S/C31H32ClNO4/c1-4-5-6-7-8-22-9-10-25(19-26(22)20-33)30(34)36-27-15-11-23(12-16-27)24-13-17-28(18-14-24)37-31(35)29(32)21(2)3/h9-19,21,29H,4-8H2,1-3H3. The molecule has 0 spiro atoms. The van der Waals surface area contributed by atoms with E-state index < -0.39 is 17.3 Å². The van der Waals surface area contributed by atoms with E-state index in [0.29, 0.717) is 22.6 Å². The van der Waals surface area contributed by atoms with Gasteiger partial charge in [-0.15, -0.1) is 11.6 Å². The van der Waals surface area contributed by atoms with Crippen LogP contribution in [0.4, 0.5) is 0 Å². The second kappa shape index (κ2) is 13.6. The first-order chi connectivity index (χ1) is 17.8. The zero-order valence-corrected chi connectivity index (χ0v) is 22.3. The summed E-state index contributed by atoms with van der Waals surface area (Å²) in [5, 5.41) is 8.83. The van der Waals surface area contributed by atoms with Gasteiger partial charge in [0.15, 0.2) is 0 Å². The Labute approximate surface area is 224 Å². The molecule has 0 N–H and O–H groups in total. The normalized spacial score (nSPS) is 11.6. The van der Waals surface area contributed by atoms with Crippen LogP contribution in [0.15, 0.2) is 66.7 Å². The molecule has 3 aromatic carbocycles. The fraction of sp³-hybridized carbons (Fsp3) is 0.323. The Kier molecular flexibility index (Phi) is 10.3. The number of unbranched alkanes of at least 4 members (excludes halogenated alkanes) is 3. The Morgan fingerprint density at radius 3 is 2.00 bits per heavy atom. The maximum atomic E-state index is 12.7. The van der Waals surface area contributed by atoms with Crippen molar-refractivity contribution in [3.63, 3.8) is 0 Å². The van der Waals surface area contributed by atoms with Crippen LogP contribution in [0.25, 0.3) is 11.1 Å². The summed E-state index contributed by atoms with van der Waals surface area (Å²) in [4.78, 5) is 24.7. The third kappa shape index (κ3) is 7.93. The van der Waals surface area contributed by atoms with E-state index >= 15 is 0 Å². The number of aryl methyl sites for hydroxylation is 1. The quantitative estimate of drug-likeness (QED) is 0.112. The van der Waals surface area contributed by atoms with Gasteiger partial charge in [-0.2, -0.15) is 5.26 Å². The number of alkyl halides is 1. The molecule has 1 unspecified atom stereocenters. The van der Waals surface area contributed by atoms with Gasteiger partial charge in [0, 0.05) is 0 Å². The smallest absolute Gasteiger partial charge is 0.343 e. The molecule has 0 aliphatic heterocycles. The molecule has 3 aromatic rings. The molecule has 3 rings (SSSR count). The number of ether oxygens (including phenoxy) is 2. The maximum Gasteiger partial charge on any atom is 0.343 e. The lowest BCUT2D eigenvalue weighted by molar-refractivity contribution is -0.134.